The predicted molar refractivity (Wildman–Crippen MR) is 81.5 cm³/mol. The highest BCUT2D eigenvalue weighted by Crippen LogP contribution is 2.24. The van der Waals surface area contributed by atoms with E-state index >= 15 is 0 Å². The summed E-state index contributed by atoms with van der Waals surface area (Å²) in [5.41, 5.74) is 2.21. The van der Waals surface area contributed by atoms with Crippen LogP contribution in [-0.4, -0.2) is 15.9 Å². The second-order valence-corrected chi connectivity index (χ2v) is 6.32. The van der Waals surface area contributed by atoms with E-state index < -0.39 is 0 Å². The number of halogens is 1. The fourth-order valence-electron chi connectivity index (χ4n) is 2.05. The summed E-state index contributed by atoms with van der Waals surface area (Å²) in [6.45, 7) is 7.67. The van der Waals surface area contributed by atoms with Gasteiger partial charge in [-0.05, 0) is 39.8 Å². The Morgan fingerprint density at radius 3 is 2.55 bits per heavy atom. The second kappa shape index (κ2) is 5.89. The first-order valence-corrected chi connectivity index (χ1v) is 7.45. The minimum atomic E-state index is -0.157. The highest BCUT2D eigenvalue weighted by molar-refractivity contribution is 7.11. The number of thiazole rings is 1. The molecule has 1 atom stereocenters. The molecule has 0 aliphatic carbocycles. The van der Waals surface area contributed by atoms with E-state index in [0.717, 1.165) is 21.3 Å². The number of nitrogens with one attached hydrogen (secondary N) is 1. The third-order valence-electron chi connectivity index (χ3n) is 2.86. The first kappa shape index (κ1) is 14.9. The molecule has 1 unspecified atom stereocenters. The fourth-order valence-corrected chi connectivity index (χ4v) is 3.23. The Hall–Kier alpha value is -1.46. The minimum Gasteiger partial charge on any atom is -0.345 e. The molecule has 2 aromatic rings. The summed E-state index contributed by atoms with van der Waals surface area (Å²) in [5.74, 6) is -0.157. The van der Waals surface area contributed by atoms with Crippen molar-refractivity contribution >= 4 is 28.8 Å². The largest absolute Gasteiger partial charge is 0.345 e. The van der Waals surface area contributed by atoms with Crippen LogP contribution in [0.2, 0.25) is 5.15 Å². The molecule has 2 aromatic heterocycles. The SMILES string of the molecule is Cc1cc(C(=O)NC(C)c2sc(C)nc2C)cc(Cl)n1. The topological polar surface area (TPSA) is 54.9 Å². The van der Waals surface area contributed by atoms with Gasteiger partial charge >= 0.3 is 0 Å². The molecule has 0 saturated carbocycles. The van der Waals surface area contributed by atoms with E-state index in [4.69, 9.17) is 11.6 Å². The molecule has 2 rings (SSSR count). The minimum absolute atomic E-state index is 0.0825. The number of carbonyl (C=O) groups is 1. The molecular formula is C14H16ClN3OS. The maximum Gasteiger partial charge on any atom is 0.251 e. The van der Waals surface area contributed by atoms with E-state index in [-0.39, 0.29) is 11.9 Å². The van der Waals surface area contributed by atoms with Gasteiger partial charge < -0.3 is 5.32 Å². The first-order chi connectivity index (χ1) is 9.36. The number of hydrogen-bond donors (Lipinski definition) is 1. The van der Waals surface area contributed by atoms with Crippen molar-refractivity contribution in [2.45, 2.75) is 33.7 Å². The van der Waals surface area contributed by atoms with Gasteiger partial charge in [-0.25, -0.2) is 9.97 Å². The molecule has 4 nitrogen and oxygen atoms in total. The summed E-state index contributed by atoms with van der Waals surface area (Å²) in [4.78, 5) is 21.7. The second-order valence-electron chi connectivity index (χ2n) is 4.70. The average molecular weight is 310 g/mol. The summed E-state index contributed by atoms with van der Waals surface area (Å²) < 4.78 is 0. The lowest BCUT2D eigenvalue weighted by Crippen LogP contribution is -2.26. The van der Waals surface area contributed by atoms with Gasteiger partial charge in [-0.1, -0.05) is 11.6 Å². The van der Waals surface area contributed by atoms with Crippen LogP contribution in [0.15, 0.2) is 12.1 Å². The van der Waals surface area contributed by atoms with Crippen LogP contribution < -0.4 is 5.32 Å². The van der Waals surface area contributed by atoms with Crippen LogP contribution in [0.5, 0.6) is 0 Å². The lowest BCUT2D eigenvalue weighted by Gasteiger charge is -2.13. The Kier molecular flexibility index (Phi) is 4.40. The third-order valence-corrected chi connectivity index (χ3v) is 4.31. The van der Waals surface area contributed by atoms with E-state index in [1.807, 2.05) is 27.7 Å². The van der Waals surface area contributed by atoms with Gasteiger partial charge in [-0.2, -0.15) is 0 Å². The van der Waals surface area contributed by atoms with Gasteiger partial charge in [0.05, 0.1) is 16.7 Å². The van der Waals surface area contributed by atoms with Crippen LogP contribution >= 0.6 is 22.9 Å². The van der Waals surface area contributed by atoms with Gasteiger partial charge in [-0.3, -0.25) is 4.79 Å². The van der Waals surface area contributed by atoms with Crippen LogP contribution in [0.1, 0.15) is 44.6 Å². The number of carbonyl (C=O) groups excluding carboxylic acids is 1. The van der Waals surface area contributed by atoms with Crippen LogP contribution in [0.4, 0.5) is 0 Å². The third kappa shape index (κ3) is 3.35. The first-order valence-electron chi connectivity index (χ1n) is 6.26. The maximum atomic E-state index is 12.2. The van der Waals surface area contributed by atoms with Gasteiger partial charge in [0.15, 0.2) is 0 Å². The van der Waals surface area contributed by atoms with Crippen LogP contribution in [0, 0.1) is 20.8 Å². The van der Waals surface area contributed by atoms with E-state index in [1.165, 1.54) is 0 Å². The van der Waals surface area contributed by atoms with Crippen molar-refractivity contribution in [1.29, 1.82) is 0 Å². The zero-order valence-corrected chi connectivity index (χ0v) is 13.4. The van der Waals surface area contributed by atoms with Crippen LogP contribution in [-0.2, 0) is 0 Å². The molecule has 0 aliphatic rings. The number of aromatic nitrogens is 2. The van der Waals surface area contributed by atoms with Crippen molar-refractivity contribution in [3.8, 4) is 0 Å². The van der Waals surface area contributed by atoms with Gasteiger partial charge in [-0.15, -0.1) is 11.3 Å². The van der Waals surface area contributed by atoms with E-state index in [1.54, 1.807) is 23.5 Å². The van der Waals surface area contributed by atoms with Crippen LogP contribution in [0.25, 0.3) is 0 Å². The van der Waals surface area contributed by atoms with Gasteiger partial charge in [0.25, 0.3) is 5.91 Å². The van der Waals surface area contributed by atoms with Gasteiger partial charge in [0.2, 0.25) is 0 Å². The molecule has 1 amide bonds. The molecular weight excluding hydrogens is 294 g/mol. The lowest BCUT2D eigenvalue weighted by atomic mass is 10.2. The van der Waals surface area contributed by atoms with Crippen molar-refractivity contribution in [2.24, 2.45) is 0 Å². The summed E-state index contributed by atoms with van der Waals surface area (Å²) >= 11 is 7.48. The van der Waals surface area contributed by atoms with Crippen molar-refractivity contribution in [2.75, 3.05) is 0 Å². The highest BCUT2D eigenvalue weighted by atomic mass is 35.5. The fraction of sp³-hybridized carbons (Fsp3) is 0.357. The molecule has 6 heteroatoms. The Morgan fingerprint density at radius 2 is 2.00 bits per heavy atom. The average Bonchev–Trinajstić information content (AvgIpc) is 2.67. The predicted octanol–water partition coefficient (Wildman–Crippen LogP) is 3.61. The van der Waals surface area contributed by atoms with Crippen molar-refractivity contribution in [3.63, 3.8) is 0 Å². The number of hydrogen-bond acceptors (Lipinski definition) is 4. The molecule has 0 fully saturated rings. The Morgan fingerprint density at radius 1 is 1.30 bits per heavy atom. The Bertz CT molecular complexity index is 634. The van der Waals surface area contributed by atoms with E-state index in [0.29, 0.717) is 10.7 Å². The Balaban J connectivity index is 2.17. The van der Waals surface area contributed by atoms with Crippen molar-refractivity contribution < 1.29 is 4.79 Å². The monoisotopic (exact) mass is 309 g/mol. The zero-order valence-electron chi connectivity index (χ0n) is 11.8. The number of rotatable bonds is 3. The van der Waals surface area contributed by atoms with Crippen LogP contribution in [0.3, 0.4) is 0 Å². The molecule has 0 aliphatic heterocycles. The standard InChI is InChI=1S/C14H16ClN3OS/c1-7-5-11(6-12(15)16-7)14(19)18-9(3)13-8(2)17-10(4)20-13/h5-6,9H,1-4H3,(H,18,19). The quantitative estimate of drug-likeness (QED) is 0.881. The summed E-state index contributed by atoms with van der Waals surface area (Å²) in [6, 6.07) is 3.21. The maximum absolute atomic E-state index is 12.2. The summed E-state index contributed by atoms with van der Waals surface area (Å²) in [5, 5.41) is 4.29. The zero-order chi connectivity index (χ0) is 14.9. The highest BCUT2D eigenvalue weighted by Gasteiger charge is 2.16. The van der Waals surface area contributed by atoms with Gasteiger partial charge in [0.1, 0.15) is 5.15 Å². The summed E-state index contributed by atoms with van der Waals surface area (Å²) in [7, 11) is 0. The smallest absolute Gasteiger partial charge is 0.251 e. The molecule has 20 heavy (non-hydrogen) atoms. The van der Waals surface area contributed by atoms with Gasteiger partial charge in [0, 0.05) is 16.1 Å². The molecule has 0 radical (unpaired) electrons. The normalized spacial score (nSPS) is 12.2. The number of aryl methyl sites for hydroxylation is 3. The number of amides is 1. The molecule has 0 aromatic carbocycles. The molecule has 106 valence electrons. The van der Waals surface area contributed by atoms with Crippen molar-refractivity contribution in [3.05, 3.63) is 44.1 Å². The van der Waals surface area contributed by atoms with E-state index in [2.05, 4.69) is 15.3 Å². The van der Waals surface area contributed by atoms with Crippen molar-refractivity contribution in [1.82, 2.24) is 15.3 Å². The molecule has 2 heterocycles. The molecule has 0 saturated heterocycles. The number of pyridine rings is 1. The molecule has 0 bridgehead atoms. The summed E-state index contributed by atoms with van der Waals surface area (Å²) in [6.07, 6.45) is 0. The van der Waals surface area contributed by atoms with E-state index in [9.17, 15) is 4.79 Å². The lowest BCUT2D eigenvalue weighted by molar-refractivity contribution is 0.0940. The number of nitrogens with zero attached hydrogens (tertiary/aromatic N) is 2. The molecule has 0 spiro atoms. The molecule has 1 N–H and O–H groups in total. The Labute approximate surface area is 127 Å².